The van der Waals surface area contributed by atoms with Gasteiger partial charge in [0.1, 0.15) is 12.0 Å². The first kappa shape index (κ1) is 30.9. The number of carbonyl (C=O) groups is 1. The minimum absolute atomic E-state index is 0.0174. The van der Waals surface area contributed by atoms with Gasteiger partial charge in [0.15, 0.2) is 0 Å². The van der Waals surface area contributed by atoms with E-state index in [9.17, 15) is 27.8 Å². The van der Waals surface area contributed by atoms with Crippen LogP contribution in [-0.2, 0) is 14.8 Å². The van der Waals surface area contributed by atoms with Crippen molar-refractivity contribution in [2.75, 3.05) is 0 Å². The lowest BCUT2D eigenvalue weighted by Gasteiger charge is -2.65. The number of rotatable bonds is 7. The number of nitrogens with one attached hydrogen (secondary N) is 1. The maximum absolute atomic E-state index is 15.6. The fourth-order valence-electron chi connectivity index (χ4n) is 10.4. The van der Waals surface area contributed by atoms with E-state index in [1.165, 1.54) is 12.1 Å². The summed E-state index contributed by atoms with van der Waals surface area (Å²) < 4.78 is 56.3. The minimum Gasteiger partial charge on any atom is -0.393 e. The number of carbonyl (C=O) groups excluding carboxylic acids is 1. The van der Waals surface area contributed by atoms with Crippen LogP contribution in [0.3, 0.4) is 0 Å². The average molecular weight is 596 g/mol. The summed E-state index contributed by atoms with van der Waals surface area (Å²) in [6, 6.07) is 4.59. The van der Waals surface area contributed by atoms with Gasteiger partial charge in [-0.05, 0) is 109 Å². The van der Waals surface area contributed by atoms with Crippen molar-refractivity contribution >= 4 is 15.9 Å². The molecule has 0 spiro atoms. The van der Waals surface area contributed by atoms with Gasteiger partial charge in [-0.1, -0.05) is 40.2 Å². The van der Waals surface area contributed by atoms with Crippen LogP contribution >= 0.6 is 0 Å². The number of hydrogen-bond acceptors (Lipinski definition) is 5. The van der Waals surface area contributed by atoms with Gasteiger partial charge in [0, 0.05) is 12.3 Å². The third-order valence-corrected chi connectivity index (χ3v) is 13.7. The largest absolute Gasteiger partial charge is 0.393 e. The first-order valence-corrected chi connectivity index (χ1v) is 17.0. The van der Waals surface area contributed by atoms with Crippen LogP contribution in [0.5, 0.6) is 0 Å². The Morgan fingerprint density at radius 2 is 1.78 bits per heavy atom. The molecular weight excluding hydrogens is 548 g/mol. The monoisotopic (exact) mass is 595 g/mol. The number of amides is 1. The molecule has 230 valence electrons. The van der Waals surface area contributed by atoms with Crippen LogP contribution in [0.15, 0.2) is 29.2 Å². The van der Waals surface area contributed by atoms with E-state index in [-0.39, 0.29) is 51.7 Å². The fourth-order valence-corrected chi connectivity index (χ4v) is 11.5. The van der Waals surface area contributed by atoms with Crippen molar-refractivity contribution < 1.29 is 32.2 Å². The van der Waals surface area contributed by atoms with Crippen LogP contribution in [0.1, 0.15) is 85.5 Å². The molecule has 1 aromatic carbocycles. The molecule has 0 bridgehead atoms. The molecule has 1 aromatic rings. The molecule has 0 heterocycles. The van der Waals surface area contributed by atoms with Crippen molar-refractivity contribution in [2.45, 2.75) is 109 Å². The van der Waals surface area contributed by atoms with Crippen LogP contribution < -0.4 is 4.72 Å². The van der Waals surface area contributed by atoms with Crippen LogP contribution in [0.25, 0.3) is 0 Å². The van der Waals surface area contributed by atoms with Crippen molar-refractivity contribution in [1.82, 2.24) is 4.72 Å². The molecule has 0 aliphatic heterocycles. The summed E-state index contributed by atoms with van der Waals surface area (Å²) in [6.07, 6.45) is 3.60. The first-order valence-electron chi connectivity index (χ1n) is 15.6. The van der Waals surface area contributed by atoms with E-state index in [4.69, 9.17) is 0 Å². The normalized spacial score (nSPS) is 43.0. The number of aliphatic hydroxyl groups excluding tert-OH is 2. The van der Waals surface area contributed by atoms with Crippen molar-refractivity contribution in [3.05, 3.63) is 30.1 Å². The van der Waals surface area contributed by atoms with Gasteiger partial charge >= 0.3 is 0 Å². The van der Waals surface area contributed by atoms with Crippen molar-refractivity contribution in [1.29, 1.82) is 0 Å². The molecule has 0 saturated heterocycles. The number of alkyl halides is 1. The zero-order valence-corrected chi connectivity index (χ0v) is 25.5. The average Bonchev–Trinajstić information content (AvgIpc) is 3.27. The predicted molar refractivity (Wildman–Crippen MR) is 152 cm³/mol. The smallest absolute Gasteiger partial charge is 0.264 e. The second-order valence-electron chi connectivity index (χ2n) is 14.2. The molecule has 12 atom stereocenters. The Kier molecular flexibility index (Phi) is 8.40. The van der Waals surface area contributed by atoms with Gasteiger partial charge in [-0.15, -0.1) is 0 Å². The number of halogens is 2. The summed E-state index contributed by atoms with van der Waals surface area (Å²) >= 11 is 0. The molecule has 9 heteroatoms. The third kappa shape index (κ3) is 5.16. The van der Waals surface area contributed by atoms with Gasteiger partial charge in [-0.25, -0.2) is 21.9 Å². The quantitative estimate of drug-likeness (QED) is 0.380. The zero-order chi connectivity index (χ0) is 29.9. The molecule has 4 fully saturated rings. The predicted octanol–water partition coefficient (Wildman–Crippen LogP) is 5.62. The second kappa shape index (κ2) is 11.2. The number of sulfonamides is 1. The SMILES string of the molecule is CC[C@H]1[C@@H](O)[C@@H]2[C@H](CC[C@]3(C)[C@@H](C(C)CCC(=O)NS(=O)(=O)c4cccc(F)c4)CC[C@@H]23)[C@@]2(C)CC[C@@H](O)[C@H](F)[C@@H]12. The maximum Gasteiger partial charge on any atom is 0.264 e. The van der Waals surface area contributed by atoms with E-state index in [1.807, 2.05) is 6.92 Å². The van der Waals surface area contributed by atoms with Crippen molar-refractivity contribution in [3.8, 4) is 0 Å². The fraction of sp³-hybridized carbons (Fsp3) is 0.781. The van der Waals surface area contributed by atoms with Crippen LogP contribution in [0.2, 0.25) is 0 Å². The second-order valence-corrected chi connectivity index (χ2v) is 15.8. The summed E-state index contributed by atoms with van der Waals surface area (Å²) in [6.45, 7) is 8.72. The lowest BCUT2D eigenvalue weighted by molar-refractivity contribution is -0.222. The van der Waals surface area contributed by atoms with E-state index in [1.54, 1.807) is 0 Å². The topological polar surface area (TPSA) is 104 Å². The molecule has 4 aliphatic carbocycles. The molecule has 4 saturated carbocycles. The summed E-state index contributed by atoms with van der Waals surface area (Å²) in [5.74, 6) is -0.641. The standard InChI is InChI=1S/C32H47F2NO5S/c1-5-21-28-29(34)25(36)14-16-32(28,4)24-13-15-31(3)22(10-11-23(31)27(24)30(21)38)18(2)9-12-26(37)35-41(39,40)20-8-6-7-19(33)17-20/h6-8,17-18,21-25,27-30,36,38H,5,9-16H2,1-4H3,(H,35,37)/t18?,21-,22-,23+,24+,25-,27+,28-,29+,30-,31-,32-/m1/s1. The Morgan fingerprint density at radius 1 is 1.10 bits per heavy atom. The van der Waals surface area contributed by atoms with E-state index in [2.05, 4.69) is 25.5 Å². The number of fused-ring (bicyclic) bond motifs is 5. The Balaban J connectivity index is 1.28. The summed E-state index contributed by atoms with van der Waals surface area (Å²) in [7, 11) is -4.14. The highest BCUT2D eigenvalue weighted by molar-refractivity contribution is 7.90. The zero-order valence-electron chi connectivity index (χ0n) is 24.7. The first-order chi connectivity index (χ1) is 19.2. The molecule has 41 heavy (non-hydrogen) atoms. The van der Waals surface area contributed by atoms with Crippen LogP contribution in [0, 0.1) is 58.1 Å². The van der Waals surface area contributed by atoms with Crippen molar-refractivity contribution in [3.63, 3.8) is 0 Å². The minimum atomic E-state index is -4.14. The van der Waals surface area contributed by atoms with Crippen LogP contribution in [-0.4, -0.2) is 42.9 Å². The summed E-state index contributed by atoms with van der Waals surface area (Å²) in [5.41, 5.74) is -0.254. The highest BCUT2D eigenvalue weighted by Gasteiger charge is 2.66. The van der Waals surface area contributed by atoms with Gasteiger partial charge in [0.05, 0.1) is 17.1 Å². The molecule has 6 nitrogen and oxygen atoms in total. The van der Waals surface area contributed by atoms with Gasteiger partial charge in [-0.2, -0.15) is 0 Å². The summed E-state index contributed by atoms with van der Waals surface area (Å²) in [4.78, 5) is 12.4. The van der Waals surface area contributed by atoms with Gasteiger partial charge in [-0.3, -0.25) is 4.79 Å². The van der Waals surface area contributed by atoms with Gasteiger partial charge in [0.2, 0.25) is 5.91 Å². The van der Waals surface area contributed by atoms with Crippen LogP contribution in [0.4, 0.5) is 8.78 Å². The van der Waals surface area contributed by atoms with E-state index in [0.717, 1.165) is 44.2 Å². The van der Waals surface area contributed by atoms with E-state index >= 15 is 4.39 Å². The Morgan fingerprint density at radius 3 is 2.46 bits per heavy atom. The molecule has 1 unspecified atom stereocenters. The van der Waals surface area contributed by atoms with Gasteiger partial charge in [0.25, 0.3) is 10.0 Å². The van der Waals surface area contributed by atoms with Crippen molar-refractivity contribution in [2.24, 2.45) is 52.3 Å². The molecule has 5 rings (SSSR count). The highest BCUT2D eigenvalue weighted by atomic mass is 32.2. The Bertz CT molecular complexity index is 1240. The van der Waals surface area contributed by atoms with E-state index < -0.39 is 40.1 Å². The molecule has 4 aliphatic rings. The third-order valence-electron chi connectivity index (χ3n) is 12.3. The van der Waals surface area contributed by atoms with E-state index in [0.29, 0.717) is 31.1 Å². The van der Waals surface area contributed by atoms with Gasteiger partial charge < -0.3 is 10.2 Å². The molecule has 0 aromatic heterocycles. The number of aliphatic hydroxyl groups is 2. The molecule has 0 radical (unpaired) electrons. The summed E-state index contributed by atoms with van der Waals surface area (Å²) in [5, 5.41) is 22.2. The Labute approximate surface area is 243 Å². The highest BCUT2D eigenvalue weighted by Crippen LogP contribution is 2.69. The Hall–Kier alpha value is -1.58. The molecule has 1 amide bonds. The lowest BCUT2D eigenvalue weighted by atomic mass is 9.41. The molecular formula is C32H47F2NO5S. The lowest BCUT2D eigenvalue weighted by Crippen LogP contribution is -2.65. The number of hydrogen-bond donors (Lipinski definition) is 3. The maximum atomic E-state index is 15.6. The number of benzene rings is 1. The molecule has 3 N–H and O–H groups in total.